The first-order valence-corrected chi connectivity index (χ1v) is 6.75. The highest BCUT2D eigenvalue weighted by Gasteiger charge is 2.17. The number of hydrogen-bond donors (Lipinski definition) is 2. The molecule has 0 bridgehead atoms. The Morgan fingerprint density at radius 3 is 2.37 bits per heavy atom. The number of H-pyrrole nitrogens is 1. The van der Waals surface area contributed by atoms with Crippen LogP contribution in [-0.2, 0) is 0 Å². The van der Waals surface area contributed by atoms with E-state index in [4.69, 9.17) is 0 Å². The van der Waals surface area contributed by atoms with Gasteiger partial charge in [0.2, 0.25) is 0 Å². The smallest absolute Gasteiger partial charge is 0.123 e. The maximum absolute atomic E-state index is 13.0. The zero-order valence-corrected chi connectivity index (χ0v) is 11.4. The predicted molar refractivity (Wildman–Crippen MR) is 74.2 cm³/mol. The van der Waals surface area contributed by atoms with Gasteiger partial charge in [-0.1, -0.05) is 26.0 Å². The van der Waals surface area contributed by atoms with Crippen LogP contribution in [-0.4, -0.2) is 9.97 Å². The van der Waals surface area contributed by atoms with Crippen molar-refractivity contribution in [1.29, 1.82) is 0 Å². The molecule has 2 N–H and O–H groups in total. The molecule has 0 aliphatic heterocycles. The van der Waals surface area contributed by atoms with E-state index in [1.54, 1.807) is 6.20 Å². The molecule has 19 heavy (non-hydrogen) atoms. The second kappa shape index (κ2) is 6.48. The van der Waals surface area contributed by atoms with Crippen LogP contribution in [0.5, 0.6) is 0 Å². The Hall–Kier alpha value is -1.68. The lowest BCUT2D eigenvalue weighted by Crippen LogP contribution is -2.26. The molecule has 2 atom stereocenters. The molecule has 0 aliphatic rings. The first kappa shape index (κ1) is 13.7. The number of halogens is 1. The summed E-state index contributed by atoms with van der Waals surface area (Å²) in [6.45, 7) is 4.24. The third-order valence-corrected chi connectivity index (χ3v) is 3.34. The van der Waals surface area contributed by atoms with Gasteiger partial charge in [0, 0.05) is 18.4 Å². The van der Waals surface area contributed by atoms with Crippen LogP contribution in [0.2, 0.25) is 0 Å². The third kappa shape index (κ3) is 3.41. The molecule has 3 nitrogen and oxygen atoms in total. The molecule has 102 valence electrons. The van der Waals surface area contributed by atoms with E-state index >= 15 is 0 Å². The van der Waals surface area contributed by atoms with Crippen molar-refractivity contribution in [3.8, 4) is 0 Å². The van der Waals surface area contributed by atoms with Crippen LogP contribution in [0, 0.1) is 5.82 Å². The van der Waals surface area contributed by atoms with Crippen molar-refractivity contribution >= 4 is 0 Å². The lowest BCUT2D eigenvalue weighted by atomic mass is 10.0. The van der Waals surface area contributed by atoms with E-state index in [2.05, 4.69) is 29.1 Å². The van der Waals surface area contributed by atoms with Gasteiger partial charge >= 0.3 is 0 Å². The third-order valence-electron chi connectivity index (χ3n) is 3.34. The number of benzene rings is 1. The summed E-state index contributed by atoms with van der Waals surface area (Å²) < 4.78 is 13.0. The van der Waals surface area contributed by atoms with Crippen LogP contribution >= 0.6 is 0 Å². The molecule has 0 amide bonds. The molecule has 0 saturated carbocycles. The maximum atomic E-state index is 13.0. The van der Waals surface area contributed by atoms with E-state index in [1.165, 1.54) is 12.1 Å². The van der Waals surface area contributed by atoms with Crippen LogP contribution < -0.4 is 5.32 Å². The Morgan fingerprint density at radius 1 is 1.16 bits per heavy atom. The van der Waals surface area contributed by atoms with Crippen molar-refractivity contribution in [1.82, 2.24) is 15.3 Å². The number of aromatic amines is 1. The van der Waals surface area contributed by atoms with E-state index in [9.17, 15) is 4.39 Å². The van der Waals surface area contributed by atoms with E-state index in [-0.39, 0.29) is 17.9 Å². The van der Waals surface area contributed by atoms with Crippen LogP contribution in [0.15, 0.2) is 36.7 Å². The lowest BCUT2D eigenvalue weighted by molar-refractivity contribution is 0.413. The van der Waals surface area contributed by atoms with E-state index in [0.29, 0.717) is 0 Å². The molecule has 1 aromatic heterocycles. The highest BCUT2D eigenvalue weighted by atomic mass is 19.1. The van der Waals surface area contributed by atoms with Crippen LogP contribution in [0.25, 0.3) is 0 Å². The summed E-state index contributed by atoms with van der Waals surface area (Å²) in [7, 11) is 0. The van der Waals surface area contributed by atoms with Gasteiger partial charge in [-0.3, -0.25) is 0 Å². The van der Waals surface area contributed by atoms with Gasteiger partial charge in [-0.15, -0.1) is 0 Å². The normalized spacial score (nSPS) is 14.3. The molecule has 1 heterocycles. The summed E-state index contributed by atoms with van der Waals surface area (Å²) in [5.74, 6) is 0.750. The minimum absolute atomic E-state index is 0.185. The number of imidazole rings is 1. The average molecular weight is 261 g/mol. The molecule has 1 aromatic carbocycles. The summed E-state index contributed by atoms with van der Waals surface area (Å²) in [4.78, 5) is 7.45. The minimum Gasteiger partial charge on any atom is -0.347 e. The zero-order valence-electron chi connectivity index (χ0n) is 11.4. The van der Waals surface area contributed by atoms with Crippen molar-refractivity contribution in [2.75, 3.05) is 0 Å². The average Bonchev–Trinajstić information content (AvgIpc) is 2.95. The molecule has 2 unspecified atom stereocenters. The summed E-state index contributed by atoms with van der Waals surface area (Å²) >= 11 is 0. The second-order valence-electron chi connectivity index (χ2n) is 4.61. The highest BCUT2D eigenvalue weighted by molar-refractivity contribution is 5.20. The zero-order chi connectivity index (χ0) is 13.7. The Kier molecular flexibility index (Phi) is 4.68. The number of hydrogen-bond acceptors (Lipinski definition) is 2. The van der Waals surface area contributed by atoms with Gasteiger partial charge in [0.05, 0.1) is 6.04 Å². The SMILES string of the molecule is CCC(NC(CC)c1ncc[nH]1)c1ccc(F)cc1. The lowest BCUT2D eigenvalue weighted by Gasteiger charge is -2.23. The molecule has 0 fully saturated rings. The van der Waals surface area contributed by atoms with Crippen LogP contribution in [0.4, 0.5) is 4.39 Å². The van der Waals surface area contributed by atoms with Crippen molar-refractivity contribution in [2.45, 2.75) is 38.8 Å². The monoisotopic (exact) mass is 261 g/mol. The summed E-state index contributed by atoms with van der Waals surface area (Å²) in [5, 5.41) is 3.58. The van der Waals surface area contributed by atoms with Crippen molar-refractivity contribution in [2.24, 2.45) is 0 Å². The molecular formula is C15H20FN3. The van der Waals surface area contributed by atoms with Gasteiger partial charge in [0.1, 0.15) is 11.6 Å². The van der Waals surface area contributed by atoms with Gasteiger partial charge in [-0.2, -0.15) is 0 Å². The fraction of sp³-hybridized carbons (Fsp3) is 0.400. The number of rotatable bonds is 6. The van der Waals surface area contributed by atoms with Gasteiger partial charge < -0.3 is 10.3 Å². The molecule has 2 aromatic rings. The molecular weight excluding hydrogens is 241 g/mol. The van der Waals surface area contributed by atoms with Gasteiger partial charge in [-0.25, -0.2) is 9.37 Å². The predicted octanol–water partition coefficient (Wildman–Crippen LogP) is 3.74. The van der Waals surface area contributed by atoms with Crippen molar-refractivity contribution in [3.05, 3.63) is 53.9 Å². The van der Waals surface area contributed by atoms with Gasteiger partial charge in [0.25, 0.3) is 0 Å². The maximum Gasteiger partial charge on any atom is 0.123 e. The number of nitrogens with one attached hydrogen (secondary N) is 2. The van der Waals surface area contributed by atoms with E-state index in [1.807, 2.05) is 18.3 Å². The Labute approximate surface area is 113 Å². The van der Waals surface area contributed by atoms with Crippen LogP contribution in [0.1, 0.15) is 50.2 Å². The first-order chi connectivity index (χ1) is 9.24. The Bertz CT molecular complexity index is 479. The largest absolute Gasteiger partial charge is 0.347 e. The fourth-order valence-corrected chi connectivity index (χ4v) is 2.25. The molecule has 0 aliphatic carbocycles. The Balaban J connectivity index is 2.11. The standard InChI is InChI=1S/C15H20FN3/c1-3-13(11-5-7-12(16)8-6-11)19-14(4-2)15-17-9-10-18-15/h5-10,13-14,19H,3-4H2,1-2H3,(H,17,18). The summed E-state index contributed by atoms with van der Waals surface area (Å²) in [5.41, 5.74) is 1.11. The number of aromatic nitrogens is 2. The second-order valence-corrected chi connectivity index (χ2v) is 4.61. The summed E-state index contributed by atoms with van der Waals surface area (Å²) in [6, 6.07) is 7.08. The van der Waals surface area contributed by atoms with Crippen molar-refractivity contribution < 1.29 is 4.39 Å². The minimum atomic E-state index is -0.198. The molecule has 0 radical (unpaired) electrons. The Morgan fingerprint density at radius 2 is 1.84 bits per heavy atom. The molecule has 2 rings (SSSR count). The van der Waals surface area contributed by atoms with Crippen LogP contribution in [0.3, 0.4) is 0 Å². The molecule has 0 spiro atoms. The van der Waals surface area contributed by atoms with Crippen molar-refractivity contribution in [3.63, 3.8) is 0 Å². The molecule has 0 saturated heterocycles. The van der Waals surface area contributed by atoms with Gasteiger partial charge in [0.15, 0.2) is 0 Å². The van der Waals surface area contributed by atoms with E-state index < -0.39 is 0 Å². The first-order valence-electron chi connectivity index (χ1n) is 6.75. The van der Waals surface area contributed by atoms with E-state index in [0.717, 1.165) is 24.2 Å². The fourth-order valence-electron chi connectivity index (χ4n) is 2.25. The molecule has 4 heteroatoms. The van der Waals surface area contributed by atoms with Gasteiger partial charge in [-0.05, 0) is 30.5 Å². The quantitative estimate of drug-likeness (QED) is 0.831. The highest BCUT2D eigenvalue weighted by Crippen LogP contribution is 2.22. The summed E-state index contributed by atoms with van der Waals surface area (Å²) in [6.07, 6.45) is 5.49. The number of nitrogens with zero attached hydrogens (tertiary/aromatic N) is 1. The topological polar surface area (TPSA) is 40.7 Å².